The molecule has 13 heavy (non-hydrogen) atoms. The van der Waals surface area contributed by atoms with Crippen LogP contribution in [0.5, 0.6) is 5.75 Å². The molecule has 0 aromatic carbocycles. The third-order valence-electron chi connectivity index (χ3n) is 2.55. The molecule has 0 amide bonds. The fourth-order valence-corrected chi connectivity index (χ4v) is 1.88. The van der Waals surface area contributed by atoms with Gasteiger partial charge in [-0.1, -0.05) is 13.3 Å². The Morgan fingerprint density at radius 2 is 2.54 bits per heavy atom. The van der Waals surface area contributed by atoms with Crippen molar-refractivity contribution in [3.63, 3.8) is 0 Å². The molecular weight excluding hydrogens is 162 g/mol. The lowest BCUT2D eigenvalue weighted by Gasteiger charge is -2.24. The topological polar surface area (TPSA) is 22.1 Å². The molecule has 0 aliphatic carbocycles. The minimum atomic E-state index is 0.708. The van der Waals surface area contributed by atoms with Crippen molar-refractivity contribution < 1.29 is 4.74 Å². The van der Waals surface area contributed by atoms with Crippen LogP contribution < -0.4 is 4.74 Å². The van der Waals surface area contributed by atoms with Gasteiger partial charge in [0.25, 0.3) is 0 Å². The fourth-order valence-electron chi connectivity index (χ4n) is 1.88. The Hall–Kier alpha value is -1.05. The lowest BCUT2D eigenvalue weighted by Crippen LogP contribution is -2.20. The van der Waals surface area contributed by atoms with Crippen molar-refractivity contribution in [1.82, 2.24) is 4.98 Å². The Morgan fingerprint density at radius 3 is 3.38 bits per heavy atom. The van der Waals surface area contributed by atoms with Crippen molar-refractivity contribution in [3.05, 3.63) is 24.0 Å². The lowest BCUT2D eigenvalue weighted by molar-refractivity contribution is 0.212. The van der Waals surface area contributed by atoms with Crippen molar-refractivity contribution in [2.24, 2.45) is 5.92 Å². The number of aromatic nitrogens is 1. The van der Waals surface area contributed by atoms with Crippen LogP contribution in [0.15, 0.2) is 18.5 Å². The van der Waals surface area contributed by atoms with Crippen LogP contribution in [0.1, 0.15) is 25.3 Å². The predicted molar refractivity (Wildman–Crippen MR) is 51.8 cm³/mol. The van der Waals surface area contributed by atoms with Gasteiger partial charge in [-0.25, -0.2) is 0 Å². The molecule has 70 valence electrons. The Labute approximate surface area is 78.9 Å². The third-order valence-corrected chi connectivity index (χ3v) is 2.55. The molecule has 0 N–H and O–H groups in total. The molecule has 1 unspecified atom stereocenters. The molecule has 0 radical (unpaired) electrons. The van der Waals surface area contributed by atoms with Crippen molar-refractivity contribution in [1.29, 1.82) is 0 Å². The summed E-state index contributed by atoms with van der Waals surface area (Å²) in [5, 5.41) is 0. The Bertz CT molecular complexity index is 285. The first-order chi connectivity index (χ1) is 6.40. The zero-order valence-corrected chi connectivity index (χ0v) is 7.99. The summed E-state index contributed by atoms with van der Waals surface area (Å²) in [6, 6.07) is 2.07. The first-order valence-electron chi connectivity index (χ1n) is 4.96. The van der Waals surface area contributed by atoms with Crippen molar-refractivity contribution in [2.75, 3.05) is 6.61 Å². The SMILES string of the molecule is CCCC1COc2cnccc2C1. The van der Waals surface area contributed by atoms with E-state index in [9.17, 15) is 0 Å². The van der Waals surface area contributed by atoms with E-state index in [0.29, 0.717) is 5.92 Å². The molecule has 0 saturated heterocycles. The largest absolute Gasteiger partial charge is 0.491 e. The third kappa shape index (κ3) is 1.82. The summed E-state index contributed by atoms with van der Waals surface area (Å²) >= 11 is 0. The molecule has 2 rings (SSSR count). The molecule has 0 saturated carbocycles. The van der Waals surface area contributed by atoms with Crippen molar-refractivity contribution >= 4 is 0 Å². The first kappa shape index (κ1) is 8.54. The quantitative estimate of drug-likeness (QED) is 0.692. The summed E-state index contributed by atoms with van der Waals surface area (Å²) in [7, 11) is 0. The second-order valence-corrected chi connectivity index (χ2v) is 3.65. The molecule has 2 nitrogen and oxygen atoms in total. The number of rotatable bonds is 2. The molecular formula is C11H15NO. The van der Waals surface area contributed by atoms with Crippen LogP contribution in [0.2, 0.25) is 0 Å². The minimum absolute atomic E-state index is 0.708. The Morgan fingerprint density at radius 1 is 1.62 bits per heavy atom. The van der Waals surface area contributed by atoms with Gasteiger partial charge in [0.2, 0.25) is 0 Å². The molecule has 1 atom stereocenters. The highest BCUT2D eigenvalue weighted by atomic mass is 16.5. The first-order valence-corrected chi connectivity index (χ1v) is 4.96. The van der Waals surface area contributed by atoms with Crippen molar-refractivity contribution in [2.45, 2.75) is 26.2 Å². The second kappa shape index (κ2) is 3.77. The van der Waals surface area contributed by atoms with E-state index >= 15 is 0 Å². The van der Waals surface area contributed by atoms with Crippen LogP contribution >= 0.6 is 0 Å². The van der Waals surface area contributed by atoms with Gasteiger partial charge in [-0.05, 0) is 30.4 Å². The summed E-state index contributed by atoms with van der Waals surface area (Å²) in [5.41, 5.74) is 1.32. The normalized spacial score (nSPS) is 20.5. The zero-order chi connectivity index (χ0) is 9.10. The van der Waals surface area contributed by atoms with E-state index in [0.717, 1.165) is 18.8 Å². The van der Waals surface area contributed by atoms with Crippen LogP contribution in [-0.2, 0) is 6.42 Å². The van der Waals surface area contributed by atoms with Gasteiger partial charge in [-0.15, -0.1) is 0 Å². The number of nitrogens with zero attached hydrogens (tertiary/aromatic N) is 1. The number of pyridine rings is 1. The number of fused-ring (bicyclic) bond motifs is 1. The van der Waals surface area contributed by atoms with E-state index in [1.165, 1.54) is 18.4 Å². The molecule has 0 bridgehead atoms. The van der Waals surface area contributed by atoms with E-state index in [1.807, 2.05) is 12.4 Å². The van der Waals surface area contributed by atoms with Gasteiger partial charge in [0, 0.05) is 6.20 Å². The fraction of sp³-hybridized carbons (Fsp3) is 0.545. The van der Waals surface area contributed by atoms with Crippen LogP contribution in [0.3, 0.4) is 0 Å². The van der Waals surface area contributed by atoms with Gasteiger partial charge in [-0.3, -0.25) is 4.98 Å². The van der Waals surface area contributed by atoms with E-state index in [1.54, 1.807) is 0 Å². The van der Waals surface area contributed by atoms with Gasteiger partial charge in [0.05, 0.1) is 12.8 Å². The van der Waals surface area contributed by atoms with E-state index in [2.05, 4.69) is 18.0 Å². The smallest absolute Gasteiger partial charge is 0.140 e. The summed E-state index contributed by atoms with van der Waals surface area (Å²) in [4.78, 5) is 4.04. The van der Waals surface area contributed by atoms with Crippen molar-refractivity contribution in [3.8, 4) is 5.75 Å². The van der Waals surface area contributed by atoms with E-state index in [4.69, 9.17) is 4.74 Å². The van der Waals surface area contributed by atoms with Gasteiger partial charge >= 0.3 is 0 Å². The predicted octanol–water partition coefficient (Wildman–Crippen LogP) is 2.43. The van der Waals surface area contributed by atoms with Gasteiger partial charge in [-0.2, -0.15) is 0 Å². The maximum absolute atomic E-state index is 5.63. The van der Waals surface area contributed by atoms with Gasteiger partial charge < -0.3 is 4.74 Å². The number of hydrogen-bond acceptors (Lipinski definition) is 2. The van der Waals surface area contributed by atoms with E-state index < -0.39 is 0 Å². The molecule has 2 heteroatoms. The molecule has 0 fully saturated rings. The van der Waals surface area contributed by atoms with Gasteiger partial charge in [0.1, 0.15) is 5.75 Å². The van der Waals surface area contributed by atoms with Crippen LogP contribution in [0.25, 0.3) is 0 Å². The molecule has 1 aromatic rings. The van der Waals surface area contributed by atoms with Crippen LogP contribution in [0, 0.1) is 5.92 Å². The Balaban J connectivity index is 2.11. The highest BCUT2D eigenvalue weighted by Gasteiger charge is 2.18. The lowest BCUT2D eigenvalue weighted by atomic mass is 9.94. The molecule has 1 aliphatic heterocycles. The molecule has 1 aromatic heterocycles. The molecule has 0 spiro atoms. The molecule has 2 heterocycles. The summed E-state index contributed by atoms with van der Waals surface area (Å²) in [5.74, 6) is 1.69. The highest BCUT2D eigenvalue weighted by Crippen LogP contribution is 2.27. The summed E-state index contributed by atoms with van der Waals surface area (Å²) in [6.07, 6.45) is 7.33. The summed E-state index contributed by atoms with van der Waals surface area (Å²) in [6.45, 7) is 3.09. The van der Waals surface area contributed by atoms with E-state index in [-0.39, 0.29) is 0 Å². The zero-order valence-electron chi connectivity index (χ0n) is 7.99. The number of ether oxygens (including phenoxy) is 1. The highest BCUT2D eigenvalue weighted by molar-refractivity contribution is 5.31. The maximum atomic E-state index is 5.63. The monoisotopic (exact) mass is 177 g/mol. The standard InChI is InChI=1S/C11H15NO/c1-2-3-9-6-10-4-5-12-7-11(10)13-8-9/h4-5,7,9H,2-3,6,8H2,1H3. The second-order valence-electron chi connectivity index (χ2n) is 3.65. The maximum Gasteiger partial charge on any atom is 0.140 e. The molecule has 1 aliphatic rings. The minimum Gasteiger partial charge on any atom is -0.491 e. The van der Waals surface area contributed by atoms with Gasteiger partial charge in [0.15, 0.2) is 0 Å². The Kier molecular flexibility index (Phi) is 2.48. The van der Waals surface area contributed by atoms with Crippen LogP contribution in [0.4, 0.5) is 0 Å². The number of hydrogen-bond donors (Lipinski definition) is 0. The average molecular weight is 177 g/mol. The average Bonchev–Trinajstić information content (AvgIpc) is 2.18. The van der Waals surface area contributed by atoms with Crippen LogP contribution in [-0.4, -0.2) is 11.6 Å². The summed E-state index contributed by atoms with van der Waals surface area (Å²) < 4.78 is 5.63.